The molecule has 3 aliphatic rings. The number of nitrogens with two attached hydrogens (primary N) is 2. The van der Waals surface area contributed by atoms with Crippen molar-refractivity contribution in [3.63, 3.8) is 0 Å². The van der Waals surface area contributed by atoms with Gasteiger partial charge in [-0.25, -0.2) is 0 Å². The molecule has 3 saturated heterocycles. The molecule has 3 heterocycles. The molecule has 5 unspecified atom stereocenters. The van der Waals surface area contributed by atoms with E-state index in [0.29, 0.717) is 12.3 Å². The van der Waals surface area contributed by atoms with Crippen LogP contribution in [0.15, 0.2) is 12.2 Å². The van der Waals surface area contributed by atoms with Crippen LogP contribution in [0.25, 0.3) is 0 Å². The standard InChI is InChI=1S/C60H96N14O19/c1-8-32(4)20-15-13-11-9-10-12-14-16-23-42(76)66-36(26-41(62)75)53(85)72-50-35(7)65-54(86)40-22-19-25-74(40)58(90)47(31(2)3)70-57(89)49(34(6)61)69-44(78)30-64-51(83)37(27-45(79)80)67-43(77)29-63-52(84)38(28-46(81)82)68-56(88)48(33(5)60(92)93)71-55(87)39-21-17-18-24-73(39)59(50)91/h14,16,31-40,47-50H,8-13,15,17-30,61H2,1-7H3,(H2,62,75)(H,63,84)(H,64,83)(H,65,86)(H,66,76)(H,67,77)(H,68,88)(H,69,78)(H,70,89)(H,71,87)(H,72,85)(H,79,80)(H,81,82)(H,92,93)/b16-14-/t32?,33-,34+,35+,36-,37?,38-,39+,40-,47?,48?,49?,50-/m0/s1. The first-order valence-electron chi connectivity index (χ1n) is 31.7. The largest absolute Gasteiger partial charge is 0.481 e. The van der Waals surface area contributed by atoms with Crippen molar-refractivity contribution < 1.29 is 92.0 Å². The molecule has 13 amide bonds. The normalized spacial score (nSPS) is 25.3. The Morgan fingerprint density at radius 1 is 0.613 bits per heavy atom. The van der Waals surface area contributed by atoms with Crippen LogP contribution in [-0.4, -0.2) is 212 Å². The van der Waals surface area contributed by atoms with Gasteiger partial charge in [0.15, 0.2) is 0 Å². The van der Waals surface area contributed by atoms with Crippen LogP contribution in [0, 0.1) is 17.8 Å². The first kappa shape index (κ1) is 78.5. The number of carbonyl (C=O) groups excluding carboxylic acids is 13. The SMILES string of the molecule is CCC(C)CCCCCCC/C=C\CC(=O)N[C@@H](CC(N)=O)C(=O)N[C@@H]1C(=O)N2CCCC[C@@H]2C(=O)NC([C@H](C)C(=O)O)C(=O)N[C@@H](CC(=O)O)C(=O)NCC(=O)NC(CC(=O)O)C(=O)NCC(=O)NC([C@@H](C)N)C(=O)NC(C(C)C)C(=O)N2CCC[C@H]2C(=O)N[C@@H]1C. The van der Waals surface area contributed by atoms with Gasteiger partial charge in [-0.3, -0.25) is 76.7 Å². The molecule has 17 N–H and O–H groups in total. The van der Waals surface area contributed by atoms with Gasteiger partial charge in [0.1, 0.15) is 54.4 Å². The molecule has 93 heavy (non-hydrogen) atoms. The van der Waals surface area contributed by atoms with Gasteiger partial charge in [0, 0.05) is 25.6 Å². The lowest BCUT2D eigenvalue weighted by Crippen LogP contribution is -2.66. The van der Waals surface area contributed by atoms with Crippen LogP contribution in [0.3, 0.4) is 0 Å². The molecule has 3 rings (SSSR count). The summed E-state index contributed by atoms with van der Waals surface area (Å²) in [7, 11) is 0. The fraction of sp³-hybridized carbons (Fsp3) is 0.700. The third kappa shape index (κ3) is 26.0. The number of fused-ring (bicyclic) bond motifs is 2. The average molecular weight is 1320 g/mol. The minimum absolute atomic E-state index is 0.0284. The Kier molecular flexibility index (Phi) is 32.8. The van der Waals surface area contributed by atoms with Gasteiger partial charge in [0.05, 0.1) is 44.3 Å². The van der Waals surface area contributed by atoms with Gasteiger partial charge in [-0.15, -0.1) is 0 Å². The molecule has 0 spiro atoms. The van der Waals surface area contributed by atoms with E-state index in [-0.39, 0.29) is 51.6 Å². The highest BCUT2D eigenvalue weighted by molar-refractivity contribution is 6.01. The quantitative estimate of drug-likeness (QED) is 0.0334. The van der Waals surface area contributed by atoms with Gasteiger partial charge in [-0.05, 0) is 77.6 Å². The number of hydrogen-bond donors (Lipinski definition) is 15. The minimum atomic E-state index is -2.13. The van der Waals surface area contributed by atoms with E-state index in [1.165, 1.54) is 25.2 Å². The molecule has 0 aromatic heterocycles. The maximum atomic E-state index is 15.3. The molecule has 520 valence electrons. The number of carbonyl (C=O) groups is 16. The summed E-state index contributed by atoms with van der Waals surface area (Å²) in [4.78, 5) is 219. The summed E-state index contributed by atoms with van der Waals surface area (Å²) >= 11 is 0. The second-order valence-corrected chi connectivity index (χ2v) is 24.4. The van der Waals surface area contributed by atoms with Crippen LogP contribution in [0.2, 0.25) is 0 Å². The third-order valence-corrected chi connectivity index (χ3v) is 16.4. The Labute approximate surface area is 539 Å². The summed E-state index contributed by atoms with van der Waals surface area (Å²) in [5.74, 6) is -21.0. The van der Waals surface area contributed by atoms with E-state index in [2.05, 4.69) is 56.4 Å². The van der Waals surface area contributed by atoms with Gasteiger partial charge in [0.25, 0.3) is 0 Å². The molecule has 0 aliphatic carbocycles. The Hall–Kier alpha value is -8.78. The number of hydrogen-bond acceptors (Lipinski definition) is 17. The lowest BCUT2D eigenvalue weighted by atomic mass is 9.96. The first-order chi connectivity index (χ1) is 43.8. The Morgan fingerprint density at radius 3 is 1.71 bits per heavy atom. The van der Waals surface area contributed by atoms with E-state index in [1.54, 1.807) is 19.9 Å². The number of carboxylic acids is 3. The predicted octanol–water partition coefficient (Wildman–Crippen LogP) is -3.23. The molecule has 33 nitrogen and oxygen atoms in total. The van der Waals surface area contributed by atoms with Crippen molar-refractivity contribution in [1.82, 2.24) is 63.0 Å². The number of rotatable bonds is 24. The number of amides is 13. The third-order valence-electron chi connectivity index (χ3n) is 16.4. The molecule has 0 aromatic carbocycles. The molecule has 0 saturated carbocycles. The molecule has 13 atom stereocenters. The summed E-state index contributed by atoms with van der Waals surface area (Å²) in [5.41, 5.74) is 11.7. The second-order valence-electron chi connectivity index (χ2n) is 24.4. The zero-order chi connectivity index (χ0) is 69.8. The first-order valence-corrected chi connectivity index (χ1v) is 31.7. The zero-order valence-corrected chi connectivity index (χ0v) is 54.0. The fourth-order valence-electron chi connectivity index (χ4n) is 10.7. The fourth-order valence-corrected chi connectivity index (χ4v) is 10.7. The lowest BCUT2D eigenvalue weighted by molar-refractivity contribution is -0.149. The molecule has 0 radical (unpaired) electrons. The lowest BCUT2D eigenvalue weighted by Gasteiger charge is -2.39. The number of unbranched alkanes of at least 4 members (excludes halogenated alkanes) is 5. The summed E-state index contributed by atoms with van der Waals surface area (Å²) in [5, 5.41) is 52.6. The van der Waals surface area contributed by atoms with Gasteiger partial charge >= 0.3 is 17.9 Å². The van der Waals surface area contributed by atoms with Crippen molar-refractivity contribution in [2.75, 3.05) is 26.2 Å². The van der Waals surface area contributed by atoms with Crippen LogP contribution >= 0.6 is 0 Å². The van der Waals surface area contributed by atoms with Crippen LogP contribution < -0.4 is 64.6 Å². The number of carboxylic acid groups (broad SMARTS) is 3. The predicted molar refractivity (Wildman–Crippen MR) is 330 cm³/mol. The smallest absolute Gasteiger partial charge is 0.308 e. The van der Waals surface area contributed by atoms with Crippen LogP contribution in [-0.2, 0) is 76.7 Å². The maximum absolute atomic E-state index is 15.3. The highest BCUT2D eigenvalue weighted by Crippen LogP contribution is 2.24. The van der Waals surface area contributed by atoms with E-state index < -0.39 is 205 Å². The van der Waals surface area contributed by atoms with Crippen molar-refractivity contribution in [3.8, 4) is 0 Å². The van der Waals surface area contributed by atoms with E-state index >= 15 is 4.79 Å². The molecular formula is C60H96N14O19. The highest BCUT2D eigenvalue weighted by Gasteiger charge is 2.45. The monoisotopic (exact) mass is 1320 g/mol. The van der Waals surface area contributed by atoms with Crippen molar-refractivity contribution in [1.29, 1.82) is 0 Å². The average Bonchev–Trinajstić information content (AvgIpc) is 1.81. The van der Waals surface area contributed by atoms with E-state index in [9.17, 15) is 87.2 Å². The molecule has 0 bridgehead atoms. The van der Waals surface area contributed by atoms with Gasteiger partial charge < -0.3 is 89.8 Å². The summed E-state index contributed by atoms with van der Waals surface area (Å²) in [6, 6.07) is -18.3. The molecule has 0 aromatic rings. The van der Waals surface area contributed by atoms with Gasteiger partial charge in [0.2, 0.25) is 76.8 Å². The van der Waals surface area contributed by atoms with Gasteiger partial charge in [-0.2, -0.15) is 0 Å². The summed E-state index contributed by atoms with van der Waals surface area (Å²) in [6.45, 7) is 8.86. The van der Waals surface area contributed by atoms with Crippen molar-refractivity contribution in [2.24, 2.45) is 29.2 Å². The number of primary amides is 1. The summed E-state index contributed by atoms with van der Waals surface area (Å²) in [6.07, 6.45) is 8.90. The molecular weight excluding hydrogens is 1220 g/mol. The topological polar surface area (TPSA) is 513 Å². The van der Waals surface area contributed by atoms with Crippen LogP contribution in [0.5, 0.6) is 0 Å². The Morgan fingerprint density at radius 2 is 1.14 bits per heavy atom. The number of nitrogens with one attached hydrogen (secondary N) is 10. The van der Waals surface area contributed by atoms with Crippen LogP contribution in [0.4, 0.5) is 0 Å². The molecule has 3 aliphatic heterocycles. The number of piperidine rings is 1. The molecule has 33 heteroatoms. The van der Waals surface area contributed by atoms with E-state index in [1.807, 2.05) is 16.7 Å². The molecule has 3 fully saturated rings. The van der Waals surface area contributed by atoms with E-state index in [0.717, 1.165) is 50.3 Å². The second kappa shape index (κ2) is 38.9. The highest BCUT2D eigenvalue weighted by atomic mass is 16.4. The number of nitrogens with zero attached hydrogens (tertiary/aromatic N) is 2. The van der Waals surface area contributed by atoms with Gasteiger partial charge in [-0.1, -0.05) is 78.4 Å². The summed E-state index contributed by atoms with van der Waals surface area (Å²) < 4.78 is 0. The Bertz CT molecular complexity index is 2740. The van der Waals surface area contributed by atoms with E-state index in [4.69, 9.17) is 11.5 Å². The zero-order valence-electron chi connectivity index (χ0n) is 54.0. The van der Waals surface area contributed by atoms with Crippen molar-refractivity contribution >= 4 is 94.7 Å². The maximum Gasteiger partial charge on any atom is 0.308 e. The van der Waals surface area contributed by atoms with Crippen LogP contribution in [0.1, 0.15) is 158 Å². The Balaban J connectivity index is 2.14. The number of allylic oxidation sites excluding steroid dienone is 1. The minimum Gasteiger partial charge on any atom is -0.481 e. The van der Waals surface area contributed by atoms with Crippen molar-refractivity contribution in [3.05, 3.63) is 12.2 Å². The number of aliphatic carboxylic acids is 3. The van der Waals surface area contributed by atoms with Crippen molar-refractivity contribution in [2.45, 2.75) is 224 Å².